The molecule has 0 unspecified atom stereocenters. The number of hydrogen-bond acceptors (Lipinski definition) is 5. The molecule has 0 saturated carbocycles. The Kier molecular flexibility index (Phi) is 7.92. The van der Waals surface area contributed by atoms with Gasteiger partial charge in [0.15, 0.2) is 6.61 Å². The van der Waals surface area contributed by atoms with Crippen LogP contribution in [0.3, 0.4) is 0 Å². The van der Waals surface area contributed by atoms with Crippen molar-refractivity contribution >= 4 is 27.6 Å². The number of hydrogen-bond donors (Lipinski definition) is 2. The zero-order valence-electron chi connectivity index (χ0n) is 16.8. The van der Waals surface area contributed by atoms with E-state index in [9.17, 15) is 18.0 Å². The number of carbonyl (C=O) groups is 2. The van der Waals surface area contributed by atoms with Crippen LogP contribution in [0.5, 0.6) is 0 Å². The summed E-state index contributed by atoms with van der Waals surface area (Å²) in [5.74, 6) is -1.06. The average molecular weight is 419 g/mol. The number of esters is 1. The molecule has 0 radical (unpaired) electrons. The smallest absolute Gasteiger partial charge is 0.321 e. The first-order valence-corrected chi connectivity index (χ1v) is 10.8. The Labute approximate surface area is 171 Å². The Morgan fingerprint density at radius 1 is 1.07 bits per heavy atom. The summed E-state index contributed by atoms with van der Waals surface area (Å²) in [6.07, 6.45) is 0.920. The lowest BCUT2D eigenvalue weighted by Gasteiger charge is -2.15. The van der Waals surface area contributed by atoms with Crippen LogP contribution < -0.4 is 10.0 Å². The molecule has 0 saturated heterocycles. The van der Waals surface area contributed by atoms with Crippen LogP contribution in [-0.2, 0) is 24.3 Å². The lowest BCUT2D eigenvalue weighted by atomic mass is 9.97. The molecule has 8 heteroatoms. The van der Waals surface area contributed by atoms with Gasteiger partial charge >= 0.3 is 5.97 Å². The maximum Gasteiger partial charge on any atom is 0.321 e. The second-order valence-corrected chi connectivity index (χ2v) is 8.51. The van der Waals surface area contributed by atoms with E-state index < -0.39 is 35.1 Å². The van der Waals surface area contributed by atoms with E-state index in [0.29, 0.717) is 5.69 Å². The molecule has 7 nitrogen and oxygen atoms in total. The summed E-state index contributed by atoms with van der Waals surface area (Å²) in [6.45, 7) is 4.90. The Balaban J connectivity index is 1.85. The zero-order chi connectivity index (χ0) is 21.4. The minimum Gasteiger partial charge on any atom is -0.455 e. The zero-order valence-corrected chi connectivity index (χ0v) is 17.6. The number of amides is 1. The molecular formula is C21H26N2O5S. The van der Waals surface area contributed by atoms with Crippen molar-refractivity contribution in [1.82, 2.24) is 4.72 Å². The Morgan fingerprint density at radius 2 is 1.72 bits per heavy atom. The van der Waals surface area contributed by atoms with Gasteiger partial charge in [-0.3, -0.25) is 9.59 Å². The number of benzene rings is 2. The number of aryl methyl sites for hydroxylation is 1. The van der Waals surface area contributed by atoms with Crippen LogP contribution in [0.25, 0.3) is 0 Å². The third-order valence-electron chi connectivity index (χ3n) is 4.48. The molecule has 2 rings (SSSR count). The molecule has 0 aromatic heterocycles. The molecule has 0 spiro atoms. The van der Waals surface area contributed by atoms with Gasteiger partial charge in [-0.1, -0.05) is 49.7 Å². The third kappa shape index (κ3) is 6.69. The summed E-state index contributed by atoms with van der Waals surface area (Å²) in [6, 6.07) is 13.7. The minimum atomic E-state index is -3.83. The highest BCUT2D eigenvalue weighted by molar-refractivity contribution is 7.89. The first-order valence-electron chi connectivity index (χ1n) is 9.33. The fraction of sp³-hybridized carbons (Fsp3) is 0.333. The quantitative estimate of drug-likeness (QED) is 0.610. The van der Waals surface area contributed by atoms with Gasteiger partial charge in [0.1, 0.15) is 6.54 Å². The Hall–Kier alpha value is -2.71. The molecule has 0 aliphatic rings. The number of para-hydroxylation sites is 1. The first-order chi connectivity index (χ1) is 13.7. The van der Waals surface area contributed by atoms with E-state index >= 15 is 0 Å². The fourth-order valence-corrected chi connectivity index (χ4v) is 3.57. The van der Waals surface area contributed by atoms with Crippen LogP contribution >= 0.6 is 0 Å². The molecule has 29 heavy (non-hydrogen) atoms. The largest absolute Gasteiger partial charge is 0.455 e. The van der Waals surface area contributed by atoms with Gasteiger partial charge in [-0.2, -0.15) is 4.72 Å². The molecule has 0 bridgehead atoms. The van der Waals surface area contributed by atoms with Crippen LogP contribution in [0, 0.1) is 6.92 Å². The maximum atomic E-state index is 12.2. The SMILES string of the molecule is CC[C@H](C)c1ccccc1NC(=O)COC(=O)CNS(=O)(=O)c1ccc(C)cc1. The summed E-state index contributed by atoms with van der Waals surface area (Å²) in [5, 5.41) is 2.73. The van der Waals surface area contributed by atoms with Gasteiger partial charge in [-0.15, -0.1) is 0 Å². The summed E-state index contributed by atoms with van der Waals surface area (Å²) >= 11 is 0. The van der Waals surface area contributed by atoms with Crippen molar-refractivity contribution < 1.29 is 22.7 Å². The minimum absolute atomic E-state index is 0.0512. The van der Waals surface area contributed by atoms with Gasteiger partial charge in [-0.05, 0) is 43.0 Å². The van der Waals surface area contributed by atoms with Gasteiger partial charge in [0.2, 0.25) is 10.0 Å². The van der Waals surface area contributed by atoms with Crippen LogP contribution in [0.2, 0.25) is 0 Å². The summed E-state index contributed by atoms with van der Waals surface area (Å²) in [5.41, 5.74) is 2.59. The van der Waals surface area contributed by atoms with Crippen molar-refractivity contribution in [2.45, 2.75) is 38.0 Å². The lowest BCUT2D eigenvalue weighted by Crippen LogP contribution is -2.32. The Bertz CT molecular complexity index is 955. The second-order valence-electron chi connectivity index (χ2n) is 6.74. The number of anilines is 1. The first kappa shape index (κ1) is 22.6. The highest BCUT2D eigenvalue weighted by Crippen LogP contribution is 2.26. The summed E-state index contributed by atoms with van der Waals surface area (Å²) < 4.78 is 31.4. The topological polar surface area (TPSA) is 102 Å². The fourth-order valence-electron chi connectivity index (χ4n) is 2.60. The highest BCUT2D eigenvalue weighted by atomic mass is 32.2. The molecule has 2 aromatic carbocycles. The molecule has 156 valence electrons. The normalized spacial score (nSPS) is 12.2. The van der Waals surface area contributed by atoms with E-state index in [1.807, 2.05) is 25.1 Å². The predicted molar refractivity (Wildman–Crippen MR) is 111 cm³/mol. The molecular weight excluding hydrogens is 392 g/mol. The molecule has 0 fully saturated rings. The number of carbonyl (C=O) groups excluding carboxylic acids is 2. The number of sulfonamides is 1. The summed E-state index contributed by atoms with van der Waals surface area (Å²) in [4.78, 5) is 24.0. The molecule has 0 aliphatic carbocycles. The molecule has 0 aliphatic heterocycles. The molecule has 1 amide bonds. The highest BCUT2D eigenvalue weighted by Gasteiger charge is 2.17. The molecule has 2 aromatic rings. The van der Waals surface area contributed by atoms with E-state index in [0.717, 1.165) is 17.5 Å². The van der Waals surface area contributed by atoms with E-state index in [1.165, 1.54) is 12.1 Å². The van der Waals surface area contributed by atoms with Crippen molar-refractivity contribution in [2.75, 3.05) is 18.5 Å². The van der Waals surface area contributed by atoms with Gasteiger partial charge in [-0.25, -0.2) is 8.42 Å². The number of nitrogens with one attached hydrogen (secondary N) is 2. The van der Waals surface area contributed by atoms with Crippen molar-refractivity contribution in [3.8, 4) is 0 Å². The van der Waals surface area contributed by atoms with Crippen molar-refractivity contribution in [2.24, 2.45) is 0 Å². The number of rotatable bonds is 9. The van der Waals surface area contributed by atoms with Crippen molar-refractivity contribution in [1.29, 1.82) is 0 Å². The van der Waals surface area contributed by atoms with Crippen LogP contribution in [0.1, 0.15) is 37.3 Å². The van der Waals surface area contributed by atoms with Gasteiger partial charge < -0.3 is 10.1 Å². The maximum absolute atomic E-state index is 12.2. The monoisotopic (exact) mass is 418 g/mol. The van der Waals surface area contributed by atoms with E-state index in [1.54, 1.807) is 18.2 Å². The second kappa shape index (κ2) is 10.2. The lowest BCUT2D eigenvalue weighted by molar-refractivity contribution is -0.146. The number of ether oxygens (including phenoxy) is 1. The van der Waals surface area contributed by atoms with Gasteiger partial charge in [0, 0.05) is 5.69 Å². The molecule has 1 atom stereocenters. The standard InChI is InChI=1S/C21H26N2O5S/c1-4-16(3)18-7-5-6-8-19(18)23-20(24)14-28-21(25)13-22-29(26,27)17-11-9-15(2)10-12-17/h5-12,16,22H,4,13-14H2,1-3H3,(H,23,24)/t16-/m0/s1. The third-order valence-corrected chi connectivity index (χ3v) is 5.90. The van der Waals surface area contributed by atoms with Crippen molar-refractivity contribution in [3.63, 3.8) is 0 Å². The molecule has 2 N–H and O–H groups in total. The van der Waals surface area contributed by atoms with Crippen LogP contribution in [0.4, 0.5) is 5.69 Å². The van der Waals surface area contributed by atoms with E-state index in [2.05, 4.69) is 23.9 Å². The van der Waals surface area contributed by atoms with Gasteiger partial charge in [0.25, 0.3) is 5.91 Å². The van der Waals surface area contributed by atoms with E-state index in [-0.39, 0.29) is 10.8 Å². The summed E-state index contributed by atoms with van der Waals surface area (Å²) in [7, 11) is -3.83. The van der Waals surface area contributed by atoms with Crippen LogP contribution in [-0.4, -0.2) is 33.4 Å². The predicted octanol–water partition coefficient (Wildman–Crippen LogP) is 2.97. The molecule has 0 heterocycles. The van der Waals surface area contributed by atoms with Crippen molar-refractivity contribution in [3.05, 3.63) is 59.7 Å². The van der Waals surface area contributed by atoms with Gasteiger partial charge in [0.05, 0.1) is 4.90 Å². The van der Waals surface area contributed by atoms with Crippen LogP contribution in [0.15, 0.2) is 53.4 Å². The van der Waals surface area contributed by atoms with E-state index in [4.69, 9.17) is 4.74 Å². The Morgan fingerprint density at radius 3 is 2.38 bits per heavy atom. The average Bonchev–Trinajstić information content (AvgIpc) is 2.71.